The second kappa shape index (κ2) is 7.53. The first-order chi connectivity index (χ1) is 11.7. The topological polar surface area (TPSA) is 66.0 Å². The molecule has 0 atom stereocenters. The van der Waals surface area contributed by atoms with Crippen LogP contribution in [0.25, 0.3) is 0 Å². The number of hydrogen-bond donors (Lipinski definition) is 1. The summed E-state index contributed by atoms with van der Waals surface area (Å²) in [6.45, 7) is 0. The van der Waals surface area contributed by atoms with Gasteiger partial charge in [-0.05, 0) is 42.5 Å². The van der Waals surface area contributed by atoms with Crippen molar-refractivity contribution in [3.8, 4) is 6.07 Å². The summed E-state index contributed by atoms with van der Waals surface area (Å²) in [5, 5.41) is 11.6. The van der Waals surface area contributed by atoms with Gasteiger partial charge in [0.15, 0.2) is 5.76 Å². The number of thioether (sulfide) groups is 1. The molecule has 0 fully saturated rings. The van der Waals surface area contributed by atoms with Crippen LogP contribution in [0.4, 0.5) is 5.69 Å². The standard InChI is InChI=1S/C19H14N2O2S/c20-12-14-5-4-6-15(11-14)21-19(22)18-10-9-16(23-18)13-24-17-7-2-1-3-8-17/h1-11H,13H2,(H,21,22). The maximum atomic E-state index is 12.2. The van der Waals surface area contributed by atoms with Crippen molar-refractivity contribution < 1.29 is 9.21 Å². The van der Waals surface area contributed by atoms with Crippen molar-refractivity contribution in [1.82, 2.24) is 0 Å². The molecule has 0 aliphatic heterocycles. The van der Waals surface area contributed by atoms with Crippen molar-refractivity contribution in [2.24, 2.45) is 0 Å². The Balaban J connectivity index is 1.62. The van der Waals surface area contributed by atoms with Gasteiger partial charge in [0, 0.05) is 10.6 Å². The molecule has 0 saturated carbocycles. The van der Waals surface area contributed by atoms with Gasteiger partial charge in [-0.25, -0.2) is 0 Å². The van der Waals surface area contributed by atoms with Gasteiger partial charge >= 0.3 is 0 Å². The molecule has 1 amide bonds. The maximum Gasteiger partial charge on any atom is 0.291 e. The SMILES string of the molecule is N#Cc1cccc(NC(=O)c2ccc(CSc3ccccc3)o2)c1. The van der Waals surface area contributed by atoms with Crippen molar-refractivity contribution in [3.63, 3.8) is 0 Å². The van der Waals surface area contributed by atoms with Gasteiger partial charge in [0.25, 0.3) is 5.91 Å². The monoisotopic (exact) mass is 334 g/mol. The molecule has 118 valence electrons. The molecule has 0 aliphatic rings. The number of carbonyl (C=O) groups is 1. The van der Waals surface area contributed by atoms with E-state index in [4.69, 9.17) is 9.68 Å². The Hall–Kier alpha value is -2.97. The molecule has 1 heterocycles. The summed E-state index contributed by atoms with van der Waals surface area (Å²) < 4.78 is 5.60. The zero-order chi connectivity index (χ0) is 16.8. The predicted molar refractivity (Wildman–Crippen MR) is 93.8 cm³/mol. The molecular formula is C19H14N2O2S. The molecule has 0 saturated heterocycles. The number of furan rings is 1. The minimum absolute atomic E-state index is 0.251. The van der Waals surface area contributed by atoms with E-state index in [-0.39, 0.29) is 11.7 Å². The van der Waals surface area contributed by atoms with E-state index in [1.165, 1.54) is 0 Å². The Morgan fingerprint density at radius 1 is 1.08 bits per heavy atom. The first-order valence-corrected chi connectivity index (χ1v) is 8.31. The van der Waals surface area contributed by atoms with Crippen LogP contribution in [0, 0.1) is 11.3 Å². The van der Waals surface area contributed by atoms with Gasteiger partial charge in [-0.2, -0.15) is 5.26 Å². The van der Waals surface area contributed by atoms with Crippen molar-refractivity contribution in [2.75, 3.05) is 5.32 Å². The maximum absolute atomic E-state index is 12.2. The van der Waals surface area contributed by atoms with Crippen LogP contribution in [0.15, 0.2) is 76.0 Å². The predicted octanol–water partition coefficient (Wildman–Crippen LogP) is 4.70. The Morgan fingerprint density at radius 2 is 1.92 bits per heavy atom. The molecule has 2 aromatic carbocycles. The van der Waals surface area contributed by atoms with Gasteiger partial charge in [0.1, 0.15) is 5.76 Å². The van der Waals surface area contributed by atoms with Crippen LogP contribution >= 0.6 is 11.8 Å². The zero-order valence-corrected chi connectivity index (χ0v) is 13.5. The number of nitrogens with zero attached hydrogens (tertiary/aromatic N) is 1. The second-order valence-electron chi connectivity index (χ2n) is 5.01. The summed E-state index contributed by atoms with van der Waals surface area (Å²) in [6, 6.07) is 22.3. The zero-order valence-electron chi connectivity index (χ0n) is 12.7. The van der Waals surface area contributed by atoms with Gasteiger partial charge in [0.2, 0.25) is 0 Å². The molecule has 24 heavy (non-hydrogen) atoms. The van der Waals surface area contributed by atoms with Gasteiger partial charge < -0.3 is 9.73 Å². The fourth-order valence-corrected chi connectivity index (χ4v) is 2.92. The minimum atomic E-state index is -0.332. The van der Waals surface area contributed by atoms with Crippen molar-refractivity contribution in [1.29, 1.82) is 5.26 Å². The summed E-state index contributed by atoms with van der Waals surface area (Å²) in [4.78, 5) is 13.4. The highest BCUT2D eigenvalue weighted by atomic mass is 32.2. The fourth-order valence-electron chi connectivity index (χ4n) is 2.11. The van der Waals surface area contributed by atoms with E-state index in [1.54, 1.807) is 48.2 Å². The van der Waals surface area contributed by atoms with Crippen LogP contribution in [0.5, 0.6) is 0 Å². The van der Waals surface area contributed by atoms with Crippen LogP contribution < -0.4 is 5.32 Å². The van der Waals surface area contributed by atoms with Crippen molar-refractivity contribution in [2.45, 2.75) is 10.6 Å². The average molecular weight is 334 g/mol. The smallest absolute Gasteiger partial charge is 0.291 e. The van der Waals surface area contributed by atoms with Crippen LogP contribution in [0.3, 0.4) is 0 Å². The van der Waals surface area contributed by atoms with Gasteiger partial charge in [-0.3, -0.25) is 4.79 Å². The molecule has 3 rings (SSSR count). The lowest BCUT2D eigenvalue weighted by Crippen LogP contribution is -2.10. The third-order valence-corrected chi connectivity index (χ3v) is 4.29. The summed E-state index contributed by atoms with van der Waals surface area (Å²) in [5.41, 5.74) is 1.06. The van der Waals surface area contributed by atoms with Crippen LogP contribution in [-0.4, -0.2) is 5.91 Å². The lowest BCUT2D eigenvalue weighted by molar-refractivity contribution is 0.0995. The Bertz CT molecular complexity index is 882. The second-order valence-corrected chi connectivity index (χ2v) is 6.06. The first-order valence-electron chi connectivity index (χ1n) is 7.33. The minimum Gasteiger partial charge on any atom is -0.455 e. The molecule has 5 heteroatoms. The van der Waals surface area contributed by atoms with Crippen LogP contribution in [-0.2, 0) is 5.75 Å². The lowest BCUT2D eigenvalue weighted by atomic mass is 10.2. The molecule has 0 radical (unpaired) electrons. The summed E-state index contributed by atoms with van der Waals surface area (Å²) >= 11 is 1.65. The van der Waals surface area contributed by atoms with Gasteiger partial charge in [0.05, 0.1) is 17.4 Å². The Morgan fingerprint density at radius 3 is 2.71 bits per heavy atom. The molecule has 1 aromatic heterocycles. The van der Waals surface area contributed by atoms with Crippen LogP contribution in [0.1, 0.15) is 21.9 Å². The fraction of sp³-hybridized carbons (Fsp3) is 0.0526. The molecule has 0 bridgehead atoms. The molecule has 3 aromatic rings. The third-order valence-electron chi connectivity index (χ3n) is 3.26. The van der Waals surface area contributed by atoms with E-state index >= 15 is 0 Å². The number of amides is 1. The number of carbonyl (C=O) groups excluding carboxylic acids is 1. The molecular weight excluding hydrogens is 320 g/mol. The molecule has 0 spiro atoms. The highest BCUT2D eigenvalue weighted by molar-refractivity contribution is 7.98. The summed E-state index contributed by atoms with van der Waals surface area (Å²) in [6.07, 6.45) is 0. The number of nitrogens with one attached hydrogen (secondary N) is 1. The highest BCUT2D eigenvalue weighted by Crippen LogP contribution is 2.23. The van der Waals surface area contributed by atoms with E-state index in [9.17, 15) is 4.79 Å². The normalized spacial score (nSPS) is 10.1. The van der Waals surface area contributed by atoms with E-state index < -0.39 is 0 Å². The highest BCUT2D eigenvalue weighted by Gasteiger charge is 2.12. The first kappa shape index (κ1) is 15.9. The number of benzene rings is 2. The number of rotatable bonds is 5. The summed E-state index contributed by atoms with van der Waals surface area (Å²) in [7, 11) is 0. The third kappa shape index (κ3) is 4.06. The quantitative estimate of drug-likeness (QED) is 0.687. The molecule has 0 unspecified atom stereocenters. The van der Waals surface area contributed by atoms with E-state index in [1.807, 2.05) is 36.4 Å². The van der Waals surface area contributed by atoms with Crippen molar-refractivity contribution in [3.05, 3.63) is 83.8 Å². The van der Waals surface area contributed by atoms with E-state index in [2.05, 4.69) is 5.32 Å². The van der Waals surface area contributed by atoms with Crippen LogP contribution in [0.2, 0.25) is 0 Å². The largest absolute Gasteiger partial charge is 0.455 e. The van der Waals surface area contributed by atoms with E-state index in [0.717, 1.165) is 10.7 Å². The molecule has 4 nitrogen and oxygen atoms in total. The summed E-state index contributed by atoms with van der Waals surface area (Å²) in [5.74, 6) is 1.31. The Kier molecular flexibility index (Phi) is 4.99. The lowest BCUT2D eigenvalue weighted by Gasteiger charge is -2.03. The molecule has 1 N–H and O–H groups in total. The van der Waals surface area contributed by atoms with Crippen molar-refractivity contribution >= 4 is 23.4 Å². The van der Waals surface area contributed by atoms with E-state index in [0.29, 0.717) is 17.0 Å². The molecule has 0 aliphatic carbocycles. The number of anilines is 1. The number of nitriles is 1. The Labute approximate surface area is 144 Å². The average Bonchev–Trinajstić information content (AvgIpc) is 3.10. The van der Waals surface area contributed by atoms with Gasteiger partial charge in [-0.1, -0.05) is 24.3 Å². The number of hydrogen-bond acceptors (Lipinski definition) is 4. The van der Waals surface area contributed by atoms with Gasteiger partial charge in [-0.15, -0.1) is 11.8 Å².